The average molecular weight is 291 g/mol. The van der Waals surface area contributed by atoms with Crippen LogP contribution in [0.15, 0.2) is 30.3 Å². The van der Waals surface area contributed by atoms with Crippen molar-refractivity contribution in [3.05, 3.63) is 35.9 Å². The Labute approximate surface area is 123 Å². The van der Waals surface area contributed by atoms with Crippen LogP contribution in [0, 0.1) is 5.92 Å². The lowest BCUT2D eigenvalue weighted by atomic mass is 9.99. The number of benzene rings is 1. The Bertz CT molecular complexity index is 492. The first-order chi connectivity index (χ1) is 10.1. The van der Waals surface area contributed by atoms with Gasteiger partial charge in [0.25, 0.3) is 0 Å². The second-order valence-electron chi connectivity index (χ2n) is 5.32. The predicted molar refractivity (Wildman–Crippen MR) is 79.0 cm³/mol. The molecule has 0 saturated carbocycles. The van der Waals surface area contributed by atoms with Gasteiger partial charge in [-0.2, -0.15) is 0 Å². The number of nitrogens with zero attached hydrogens (tertiary/aromatic N) is 1. The molecule has 0 spiro atoms. The van der Waals surface area contributed by atoms with E-state index in [1.54, 1.807) is 29.2 Å². The van der Waals surface area contributed by atoms with Gasteiger partial charge in [-0.15, -0.1) is 0 Å². The fourth-order valence-electron chi connectivity index (χ4n) is 2.54. The number of nitrogens with one attached hydrogen (secondary N) is 1. The molecule has 114 valence electrons. The molecule has 4 N–H and O–H groups in total. The highest BCUT2D eigenvalue weighted by Crippen LogP contribution is 2.17. The van der Waals surface area contributed by atoms with Crippen LogP contribution in [0.3, 0.4) is 0 Å². The largest absolute Gasteiger partial charge is 0.481 e. The van der Waals surface area contributed by atoms with Crippen molar-refractivity contribution in [3.63, 3.8) is 0 Å². The van der Waals surface area contributed by atoms with Crippen LogP contribution in [0.25, 0.3) is 0 Å². The number of urea groups is 1. The first kappa shape index (κ1) is 15.3. The minimum atomic E-state index is -0.942. The molecule has 0 aliphatic carbocycles. The topological polar surface area (TPSA) is 95.7 Å². The van der Waals surface area contributed by atoms with Gasteiger partial charge in [0.05, 0.1) is 5.92 Å². The van der Waals surface area contributed by atoms with Gasteiger partial charge in [0.1, 0.15) is 0 Å². The van der Waals surface area contributed by atoms with Crippen molar-refractivity contribution >= 4 is 12.0 Å². The second kappa shape index (κ2) is 7.08. The number of hydrogen-bond acceptors (Lipinski definition) is 3. The van der Waals surface area contributed by atoms with Crippen LogP contribution >= 0.6 is 0 Å². The highest BCUT2D eigenvalue weighted by Gasteiger charge is 2.26. The Morgan fingerprint density at radius 3 is 2.67 bits per heavy atom. The first-order valence-electron chi connectivity index (χ1n) is 7.12. The number of rotatable bonds is 5. The lowest BCUT2D eigenvalue weighted by Gasteiger charge is -2.19. The Morgan fingerprint density at radius 1 is 1.38 bits per heavy atom. The Morgan fingerprint density at radius 2 is 2.10 bits per heavy atom. The highest BCUT2D eigenvalue weighted by atomic mass is 16.4. The summed E-state index contributed by atoms with van der Waals surface area (Å²) in [6.07, 6.45) is 0.908. The van der Waals surface area contributed by atoms with E-state index in [0.29, 0.717) is 31.1 Å². The van der Waals surface area contributed by atoms with Crippen LogP contribution in [-0.2, 0) is 4.79 Å². The van der Waals surface area contributed by atoms with E-state index in [0.717, 1.165) is 6.42 Å². The highest BCUT2D eigenvalue weighted by molar-refractivity contribution is 5.79. The molecule has 2 atom stereocenters. The molecular formula is C15H21N3O3. The second-order valence-corrected chi connectivity index (χ2v) is 5.32. The number of carbonyl (C=O) groups excluding carboxylic acids is 1. The van der Waals surface area contributed by atoms with Crippen molar-refractivity contribution < 1.29 is 14.7 Å². The van der Waals surface area contributed by atoms with E-state index < -0.39 is 11.9 Å². The van der Waals surface area contributed by atoms with Gasteiger partial charge in [-0.1, -0.05) is 30.3 Å². The normalized spacial score (nSPS) is 19.3. The molecule has 6 nitrogen and oxygen atoms in total. The third kappa shape index (κ3) is 3.95. The van der Waals surface area contributed by atoms with Crippen molar-refractivity contribution in [3.8, 4) is 0 Å². The maximum absolute atomic E-state index is 12.0. The van der Waals surface area contributed by atoms with Crippen molar-refractivity contribution in [2.45, 2.75) is 12.3 Å². The number of nitrogens with two attached hydrogens (primary N) is 1. The quantitative estimate of drug-likeness (QED) is 0.749. The lowest BCUT2D eigenvalue weighted by molar-refractivity contribution is -0.138. The maximum atomic E-state index is 12.0. The van der Waals surface area contributed by atoms with Crippen LogP contribution in [0.2, 0.25) is 0 Å². The van der Waals surface area contributed by atoms with E-state index in [1.165, 1.54) is 0 Å². The van der Waals surface area contributed by atoms with Crippen LogP contribution < -0.4 is 11.1 Å². The molecule has 1 aromatic rings. The van der Waals surface area contributed by atoms with E-state index in [2.05, 4.69) is 5.32 Å². The Balaban J connectivity index is 1.91. The third-order valence-corrected chi connectivity index (χ3v) is 3.86. The number of carbonyl (C=O) groups is 2. The number of hydrogen-bond donors (Lipinski definition) is 3. The van der Waals surface area contributed by atoms with Crippen molar-refractivity contribution in [2.75, 3.05) is 26.2 Å². The number of likely N-dealkylation sites (tertiary alicyclic amines) is 1. The molecule has 1 saturated heterocycles. The summed E-state index contributed by atoms with van der Waals surface area (Å²) in [6.45, 7) is 1.98. The molecule has 2 amide bonds. The van der Waals surface area contributed by atoms with Gasteiger partial charge in [-0.25, -0.2) is 4.79 Å². The van der Waals surface area contributed by atoms with E-state index in [9.17, 15) is 14.7 Å². The molecule has 1 aromatic carbocycles. The smallest absolute Gasteiger partial charge is 0.317 e. The summed E-state index contributed by atoms with van der Waals surface area (Å²) in [7, 11) is 0. The van der Waals surface area contributed by atoms with Crippen molar-refractivity contribution in [1.29, 1.82) is 0 Å². The molecule has 1 fully saturated rings. The summed E-state index contributed by atoms with van der Waals surface area (Å²) in [5.41, 5.74) is 6.28. The summed E-state index contributed by atoms with van der Waals surface area (Å²) in [4.78, 5) is 25.1. The Hall–Kier alpha value is -2.08. The summed E-state index contributed by atoms with van der Waals surface area (Å²) in [5, 5.41) is 12.0. The summed E-state index contributed by atoms with van der Waals surface area (Å²) >= 11 is 0. The molecule has 0 radical (unpaired) electrons. The molecule has 1 heterocycles. The molecule has 1 aliphatic rings. The molecule has 6 heteroatoms. The zero-order chi connectivity index (χ0) is 15.2. The predicted octanol–water partition coefficient (Wildman–Crippen LogP) is 0.845. The first-order valence-corrected chi connectivity index (χ1v) is 7.12. The number of carboxylic acid groups (broad SMARTS) is 1. The van der Waals surface area contributed by atoms with Gasteiger partial charge in [-0.05, 0) is 24.4 Å². The number of carboxylic acids is 1. The Kier molecular flexibility index (Phi) is 5.16. The molecule has 1 aliphatic heterocycles. The van der Waals surface area contributed by atoms with E-state index in [1.807, 2.05) is 6.07 Å². The summed E-state index contributed by atoms with van der Waals surface area (Å²) in [5.74, 6) is -1.33. The van der Waals surface area contributed by atoms with Crippen LogP contribution in [0.4, 0.5) is 4.79 Å². The molecular weight excluding hydrogens is 270 g/mol. The van der Waals surface area contributed by atoms with Crippen molar-refractivity contribution in [1.82, 2.24) is 10.2 Å². The minimum absolute atomic E-state index is 0.0853. The van der Waals surface area contributed by atoms with E-state index >= 15 is 0 Å². The van der Waals surface area contributed by atoms with Crippen LogP contribution in [0.1, 0.15) is 17.9 Å². The van der Waals surface area contributed by atoms with Gasteiger partial charge >= 0.3 is 12.0 Å². The van der Waals surface area contributed by atoms with E-state index in [-0.39, 0.29) is 12.6 Å². The molecule has 2 rings (SSSR count). The molecule has 0 aromatic heterocycles. The van der Waals surface area contributed by atoms with Crippen molar-refractivity contribution in [2.24, 2.45) is 11.7 Å². The lowest BCUT2D eigenvalue weighted by Crippen LogP contribution is -2.41. The van der Waals surface area contributed by atoms with E-state index in [4.69, 9.17) is 5.73 Å². The SMILES string of the molecule is NCC1CCN(C(=O)NCC(C(=O)O)c2ccccc2)C1. The minimum Gasteiger partial charge on any atom is -0.481 e. The zero-order valence-corrected chi connectivity index (χ0v) is 11.9. The summed E-state index contributed by atoms with van der Waals surface area (Å²) < 4.78 is 0. The van der Waals surface area contributed by atoms with Crippen LogP contribution in [-0.4, -0.2) is 48.2 Å². The fraction of sp³-hybridized carbons (Fsp3) is 0.467. The maximum Gasteiger partial charge on any atom is 0.317 e. The van der Waals surface area contributed by atoms with Gasteiger partial charge in [0.2, 0.25) is 0 Å². The average Bonchev–Trinajstić information content (AvgIpc) is 2.97. The van der Waals surface area contributed by atoms with Gasteiger partial charge in [0.15, 0.2) is 0 Å². The number of amides is 2. The summed E-state index contributed by atoms with van der Waals surface area (Å²) in [6, 6.07) is 8.71. The zero-order valence-electron chi connectivity index (χ0n) is 11.9. The van der Waals surface area contributed by atoms with Gasteiger partial charge < -0.3 is 21.1 Å². The fourth-order valence-corrected chi connectivity index (χ4v) is 2.54. The van der Waals surface area contributed by atoms with Gasteiger partial charge in [0, 0.05) is 19.6 Å². The number of aliphatic carboxylic acids is 1. The standard InChI is InChI=1S/C15H21N3O3/c16-8-11-6-7-18(10-11)15(21)17-9-13(14(19)20)12-4-2-1-3-5-12/h1-5,11,13H,6-10,16H2,(H,17,21)(H,19,20). The molecule has 0 bridgehead atoms. The molecule has 2 unspecified atom stereocenters. The van der Waals surface area contributed by atoms with Gasteiger partial charge in [-0.3, -0.25) is 4.79 Å². The molecule has 21 heavy (non-hydrogen) atoms. The van der Waals surface area contributed by atoms with Crippen LogP contribution in [0.5, 0.6) is 0 Å². The third-order valence-electron chi connectivity index (χ3n) is 3.86. The monoisotopic (exact) mass is 291 g/mol.